The zero-order valence-electron chi connectivity index (χ0n) is 20.0. The van der Waals surface area contributed by atoms with E-state index < -0.39 is 30.4 Å². The number of aliphatic hydroxyl groups excluding tert-OH is 2. The van der Waals surface area contributed by atoms with Crippen LogP contribution in [-0.4, -0.2) is 40.5 Å². The molecule has 2 saturated carbocycles. The zero-order chi connectivity index (χ0) is 24.4. The SMILES string of the molecule is COCc1c(C2CC2)nc(C2CC2)c(/C=C/[C@@H](O)C[C@@H](O)CC(=O)[O-])c1-c1ccc(F)cc1Cl.[Na+]. The predicted molar refractivity (Wildman–Crippen MR) is 125 cm³/mol. The summed E-state index contributed by atoms with van der Waals surface area (Å²) in [5.41, 5.74) is 5.05. The second kappa shape index (κ2) is 12.3. The Bertz CT molecular complexity index is 1100. The van der Waals surface area contributed by atoms with Crippen molar-refractivity contribution in [1.82, 2.24) is 4.98 Å². The van der Waals surface area contributed by atoms with Crippen molar-refractivity contribution in [2.45, 2.75) is 69.2 Å². The van der Waals surface area contributed by atoms with Crippen LogP contribution in [0.25, 0.3) is 17.2 Å². The Kier molecular flexibility index (Phi) is 9.91. The number of halogens is 2. The first-order valence-corrected chi connectivity index (χ1v) is 11.9. The van der Waals surface area contributed by atoms with Crippen molar-refractivity contribution in [1.29, 1.82) is 0 Å². The molecule has 35 heavy (non-hydrogen) atoms. The van der Waals surface area contributed by atoms with Crippen LogP contribution in [-0.2, 0) is 16.1 Å². The maximum Gasteiger partial charge on any atom is 1.00 e. The molecule has 2 aliphatic carbocycles. The molecule has 0 unspecified atom stereocenters. The van der Waals surface area contributed by atoms with Gasteiger partial charge >= 0.3 is 29.6 Å². The van der Waals surface area contributed by atoms with E-state index in [1.165, 1.54) is 18.2 Å². The van der Waals surface area contributed by atoms with Crippen molar-refractivity contribution in [3.63, 3.8) is 0 Å². The van der Waals surface area contributed by atoms with Gasteiger partial charge in [-0.15, -0.1) is 0 Å². The Morgan fingerprint density at radius 1 is 1.26 bits per heavy atom. The van der Waals surface area contributed by atoms with Crippen molar-refractivity contribution < 1.29 is 58.8 Å². The molecule has 2 aromatic rings. The summed E-state index contributed by atoms with van der Waals surface area (Å²) in [6.07, 6.45) is 4.39. The molecular formula is C26H28ClFNNaO5. The van der Waals surface area contributed by atoms with E-state index >= 15 is 0 Å². The summed E-state index contributed by atoms with van der Waals surface area (Å²) < 4.78 is 19.4. The molecule has 0 radical (unpaired) electrons. The molecule has 0 aliphatic heterocycles. The smallest absolute Gasteiger partial charge is 0.550 e. The van der Waals surface area contributed by atoms with Crippen LogP contribution in [0.4, 0.5) is 4.39 Å². The van der Waals surface area contributed by atoms with Gasteiger partial charge in [-0.05, 0) is 49.4 Å². The zero-order valence-corrected chi connectivity index (χ0v) is 22.7. The van der Waals surface area contributed by atoms with E-state index in [4.69, 9.17) is 21.3 Å². The number of carbonyl (C=O) groups excluding carboxylic acids is 1. The molecule has 0 saturated heterocycles. The Balaban J connectivity index is 0.00000342. The van der Waals surface area contributed by atoms with E-state index in [1.54, 1.807) is 19.3 Å². The van der Waals surface area contributed by atoms with E-state index in [0.717, 1.165) is 53.8 Å². The summed E-state index contributed by atoms with van der Waals surface area (Å²) >= 11 is 6.51. The van der Waals surface area contributed by atoms with Crippen LogP contribution in [0.1, 0.15) is 72.9 Å². The molecule has 1 heterocycles. The number of benzene rings is 1. The second-order valence-corrected chi connectivity index (χ2v) is 9.55. The molecule has 1 aromatic carbocycles. The summed E-state index contributed by atoms with van der Waals surface area (Å²) in [6, 6.07) is 4.29. The number of pyridine rings is 1. The van der Waals surface area contributed by atoms with Gasteiger partial charge in [0.2, 0.25) is 0 Å². The normalized spacial score (nSPS) is 17.3. The maximum absolute atomic E-state index is 13.9. The van der Waals surface area contributed by atoms with Gasteiger partial charge in [-0.1, -0.05) is 23.8 Å². The summed E-state index contributed by atoms with van der Waals surface area (Å²) in [7, 11) is 1.61. The third-order valence-electron chi connectivity index (χ3n) is 6.22. The van der Waals surface area contributed by atoms with Crippen molar-refractivity contribution in [3.05, 3.63) is 57.6 Å². The van der Waals surface area contributed by atoms with Crippen molar-refractivity contribution >= 4 is 23.6 Å². The average Bonchev–Trinajstić information content (AvgIpc) is 3.66. The Labute approximate surface area is 231 Å². The minimum absolute atomic E-state index is 0. The maximum atomic E-state index is 13.9. The summed E-state index contributed by atoms with van der Waals surface area (Å²) in [4.78, 5) is 15.8. The molecular weight excluding hydrogens is 484 g/mol. The minimum atomic E-state index is -1.38. The number of aromatic nitrogens is 1. The van der Waals surface area contributed by atoms with Crippen LogP contribution < -0.4 is 34.7 Å². The van der Waals surface area contributed by atoms with E-state index in [2.05, 4.69) is 0 Å². The molecule has 182 valence electrons. The number of methoxy groups -OCH3 is 1. The van der Waals surface area contributed by atoms with Crippen LogP contribution in [0.5, 0.6) is 0 Å². The summed E-state index contributed by atoms with van der Waals surface area (Å²) in [5, 5.41) is 31.3. The number of aliphatic carboxylic acids is 1. The van der Waals surface area contributed by atoms with E-state index in [-0.39, 0.29) is 46.9 Å². The number of aliphatic hydroxyl groups is 2. The number of nitrogens with zero attached hydrogens (tertiary/aromatic N) is 1. The van der Waals surface area contributed by atoms with Crippen LogP contribution >= 0.6 is 11.6 Å². The summed E-state index contributed by atoms with van der Waals surface area (Å²) in [6.45, 7) is 0.306. The standard InChI is InChI=1S/C26H29ClFNO5.Na/c1-34-13-21-24(19-8-6-16(28)10-22(19)27)20(9-7-17(30)11-18(31)12-23(32)33)25(14-2-3-14)29-26(21)15-4-5-15;/h6-10,14-15,17-18,30-31H,2-5,11-13H2,1H3,(H,32,33);/q;+1/p-1/b9-7+;/t17-,18-;/m1./s1. The fourth-order valence-corrected chi connectivity index (χ4v) is 4.60. The number of ether oxygens (including phenoxy) is 1. The third kappa shape index (κ3) is 7.13. The molecule has 9 heteroatoms. The third-order valence-corrected chi connectivity index (χ3v) is 6.53. The monoisotopic (exact) mass is 511 g/mol. The van der Waals surface area contributed by atoms with Gasteiger partial charge in [0.25, 0.3) is 0 Å². The number of hydrogen-bond donors (Lipinski definition) is 2. The molecule has 2 fully saturated rings. The van der Waals surface area contributed by atoms with Gasteiger partial charge in [-0.25, -0.2) is 4.39 Å². The van der Waals surface area contributed by atoms with E-state index in [1.807, 2.05) is 0 Å². The van der Waals surface area contributed by atoms with Crippen molar-refractivity contribution in [3.8, 4) is 11.1 Å². The van der Waals surface area contributed by atoms with E-state index in [9.17, 15) is 24.5 Å². The second-order valence-electron chi connectivity index (χ2n) is 9.15. The molecule has 0 spiro atoms. The van der Waals surface area contributed by atoms with Gasteiger partial charge in [-0.2, -0.15) is 0 Å². The Morgan fingerprint density at radius 3 is 2.49 bits per heavy atom. The van der Waals surface area contributed by atoms with Gasteiger partial charge in [-0.3, -0.25) is 4.98 Å². The van der Waals surface area contributed by atoms with Crippen molar-refractivity contribution in [2.24, 2.45) is 0 Å². The van der Waals surface area contributed by atoms with Crippen LogP contribution in [0.15, 0.2) is 24.3 Å². The number of hydrogen-bond acceptors (Lipinski definition) is 6. The number of carboxylic acids is 1. The first kappa shape index (κ1) is 28.3. The minimum Gasteiger partial charge on any atom is -0.550 e. The van der Waals surface area contributed by atoms with Crippen molar-refractivity contribution in [2.75, 3.05) is 7.11 Å². The number of carboxylic acid groups (broad SMARTS) is 1. The number of rotatable bonds is 11. The topological polar surface area (TPSA) is 103 Å². The first-order valence-electron chi connectivity index (χ1n) is 11.5. The Hall–Kier alpha value is -1.32. The average molecular weight is 512 g/mol. The van der Waals surface area contributed by atoms with Gasteiger partial charge in [0.05, 0.1) is 29.5 Å². The van der Waals surface area contributed by atoms with Gasteiger partial charge in [0.1, 0.15) is 5.82 Å². The summed E-state index contributed by atoms with van der Waals surface area (Å²) in [5.74, 6) is -1.18. The molecule has 2 atom stereocenters. The molecule has 1 aromatic heterocycles. The van der Waals surface area contributed by atoms with Crippen LogP contribution in [0, 0.1) is 5.82 Å². The molecule has 0 bridgehead atoms. The quantitative estimate of drug-likeness (QED) is 0.431. The van der Waals surface area contributed by atoms with Gasteiger partial charge in [0, 0.05) is 60.1 Å². The predicted octanol–water partition coefficient (Wildman–Crippen LogP) is 0.711. The molecule has 2 aliphatic rings. The first-order chi connectivity index (χ1) is 16.3. The van der Waals surface area contributed by atoms with E-state index in [0.29, 0.717) is 18.1 Å². The Morgan fingerprint density at radius 2 is 1.91 bits per heavy atom. The molecule has 0 amide bonds. The molecule has 4 rings (SSSR count). The number of carbonyl (C=O) groups is 1. The van der Waals surface area contributed by atoms with Gasteiger partial charge < -0.3 is 24.9 Å². The molecule has 6 nitrogen and oxygen atoms in total. The van der Waals surface area contributed by atoms with Crippen LogP contribution in [0.2, 0.25) is 5.02 Å². The van der Waals surface area contributed by atoms with Gasteiger partial charge in [0.15, 0.2) is 0 Å². The fraction of sp³-hybridized carbons (Fsp3) is 0.462. The largest absolute Gasteiger partial charge is 1.00 e. The fourth-order valence-electron chi connectivity index (χ4n) is 4.34. The van der Waals surface area contributed by atoms with Crippen LogP contribution in [0.3, 0.4) is 0 Å². The molecule has 2 N–H and O–H groups in total.